The average Bonchev–Trinajstić information content (AvgIpc) is 3.38. The SMILES string of the molecule is O=C(CCN1C(=O)/C(=C2\SC(=S)N(CCC(=O)Nc3cccc(C(F)(F)F)c3)C2=O)SC1=S)Nc1cccc(C(F)(F)F)c1. The third kappa shape index (κ3) is 7.96. The van der Waals surface area contributed by atoms with E-state index in [9.17, 15) is 45.5 Å². The van der Waals surface area contributed by atoms with E-state index in [1.807, 2.05) is 0 Å². The molecule has 2 aliphatic heterocycles. The van der Waals surface area contributed by atoms with Crippen LogP contribution in [0.5, 0.6) is 0 Å². The van der Waals surface area contributed by atoms with Gasteiger partial charge in [0.15, 0.2) is 0 Å². The van der Waals surface area contributed by atoms with Crippen LogP contribution in [0.15, 0.2) is 58.3 Å². The first-order valence-electron chi connectivity index (χ1n) is 12.3. The summed E-state index contributed by atoms with van der Waals surface area (Å²) in [5.41, 5.74) is -2.05. The molecule has 0 bridgehead atoms. The first kappa shape index (κ1) is 33.4. The second-order valence-electron chi connectivity index (χ2n) is 9.06. The van der Waals surface area contributed by atoms with Crippen molar-refractivity contribution in [1.29, 1.82) is 0 Å². The van der Waals surface area contributed by atoms with Gasteiger partial charge in [-0.1, -0.05) is 60.1 Å². The molecule has 0 atom stereocenters. The van der Waals surface area contributed by atoms with Gasteiger partial charge in [-0.15, -0.1) is 0 Å². The van der Waals surface area contributed by atoms with Gasteiger partial charge < -0.3 is 10.6 Å². The molecule has 4 rings (SSSR count). The quantitative estimate of drug-likeness (QED) is 0.197. The predicted molar refractivity (Wildman–Crippen MR) is 160 cm³/mol. The number of nitrogens with one attached hydrogen (secondary N) is 2. The second-order valence-corrected chi connectivity index (χ2v) is 12.3. The number of hydrogen-bond donors (Lipinski definition) is 2. The molecule has 18 heteroatoms. The molecule has 2 fully saturated rings. The molecule has 2 aromatic rings. The lowest BCUT2D eigenvalue weighted by atomic mass is 10.2. The van der Waals surface area contributed by atoms with E-state index in [1.165, 1.54) is 12.1 Å². The molecule has 0 unspecified atom stereocenters. The predicted octanol–water partition coefficient (Wildman–Crippen LogP) is 6.01. The lowest BCUT2D eigenvalue weighted by Crippen LogP contribution is -2.33. The Labute approximate surface area is 264 Å². The molecule has 0 radical (unpaired) electrons. The van der Waals surface area contributed by atoms with Crippen LogP contribution in [0, 0.1) is 0 Å². The standard InChI is InChI=1S/C26H18F6N4O4S4/c27-25(28,29)13-3-1-5-15(11-13)33-17(37)7-9-35-21(39)19(43-23(35)41)20-22(40)36(24(42)44-20)10-8-18(38)34-16-6-2-4-14(12-16)26(30,31)32/h1-6,11-12H,7-10H2,(H,33,37)(H,34,38)/b20-19+. The molecule has 0 spiro atoms. The van der Waals surface area contributed by atoms with Crippen molar-refractivity contribution < 1.29 is 45.5 Å². The summed E-state index contributed by atoms with van der Waals surface area (Å²) in [4.78, 5) is 53.0. The minimum absolute atomic E-state index is 0.0402. The van der Waals surface area contributed by atoms with Gasteiger partial charge in [0, 0.05) is 37.3 Å². The third-order valence-electron chi connectivity index (χ3n) is 5.98. The summed E-state index contributed by atoms with van der Waals surface area (Å²) in [6, 6.07) is 8.09. The number of thioether (sulfide) groups is 2. The van der Waals surface area contributed by atoms with Crippen molar-refractivity contribution in [2.24, 2.45) is 0 Å². The van der Waals surface area contributed by atoms with Gasteiger partial charge in [-0.05, 0) is 36.4 Å². The maximum atomic E-state index is 13.1. The zero-order valence-corrected chi connectivity index (χ0v) is 25.1. The number of halogens is 6. The molecular formula is C26H18F6N4O4S4. The van der Waals surface area contributed by atoms with E-state index in [0.29, 0.717) is 0 Å². The normalized spacial score (nSPS) is 17.5. The molecule has 2 saturated heterocycles. The van der Waals surface area contributed by atoms with Crippen molar-refractivity contribution >= 4 is 91.6 Å². The molecule has 0 saturated carbocycles. The first-order valence-corrected chi connectivity index (χ1v) is 14.8. The van der Waals surface area contributed by atoms with Gasteiger partial charge in [-0.25, -0.2) is 0 Å². The lowest BCUT2D eigenvalue weighted by Gasteiger charge is -2.15. The lowest BCUT2D eigenvalue weighted by molar-refractivity contribution is -0.138. The minimum atomic E-state index is -4.59. The van der Waals surface area contributed by atoms with Crippen LogP contribution in [-0.2, 0) is 31.5 Å². The van der Waals surface area contributed by atoms with Gasteiger partial charge >= 0.3 is 12.4 Å². The van der Waals surface area contributed by atoms with Gasteiger partial charge in [-0.3, -0.25) is 29.0 Å². The first-order chi connectivity index (χ1) is 20.5. The fourth-order valence-corrected chi connectivity index (χ4v) is 6.65. The summed E-state index contributed by atoms with van der Waals surface area (Å²) in [5.74, 6) is -2.69. The van der Waals surface area contributed by atoms with Gasteiger partial charge in [0.05, 0.1) is 20.9 Å². The highest BCUT2D eigenvalue weighted by Crippen LogP contribution is 2.42. The van der Waals surface area contributed by atoms with E-state index < -0.39 is 47.1 Å². The number of thiocarbonyl (C=S) groups is 2. The second kappa shape index (κ2) is 13.3. The van der Waals surface area contributed by atoms with Gasteiger partial charge in [-0.2, -0.15) is 26.3 Å². The highest BCUT2D eigenvalue weighted by molar-refractivity contribution is 8.29. The zero-order valence-electron chi connectivity index (χ0n) is 21.9. The molecule has 2 N–H and O–H groups in total. The summed E-state index contributed by atoms with van der Waals surface area (Å²) >= 11 is 12.1. The Morgan fingerprint density at radius 3 is 1.39 bits per heavy atom. The van der Waals surface area contributed by atoms with Crippen molar-refractivity contribution in [3.63, 3.8) is 0 Å². The van der Waals surface area contributed by atoms with Crippen LogP contribution in [0.25, 0.3) is 0 Å². The van der Waals surface area contributed by atoms with Crippen molar-refractivity contribution in [3.8, 4) is 0 Å². The summed E-state index contributed by atoms with van der Waals surface area (Å²) in [7, 11) is 0. The fourth-order valence-electron chi connectivity index (χ4n) is 3.88. The van der Waals surface area contributed by atoms with E-state index in [4.69, 9.17) is 24.4 Å². The molecule has 0 aliphatic carbocycles. The van der Waals surface area contributed by atoms with Crippen molar-refractivity contribution in [1.82, 2.24) is 9.80 Å². The summed E-state index contributed by atoms with van der Waals surface area (Å²) in [5, 5.41) is 4.67. The number of anilines is 2. The Morgan fingerprint density at radius 1 is 0.682 bits per heavy atom. The Balaban J connectivity index is 1.34. The number of amides is 4. The molecule has 44 heavy (non-hydrogen) atoms. The molecule has 232 valence electrons. The zero-order chi connectivity index (χ0) is 32.4. The summed E-state index contributed by atoms with van der Waals surface area (Å²) in [6.45, 7) is -0.427. The van der Waals surface area contributed by atoms with E-state index in [1.54, 1.807) is 0 Å². The van der Waals surface area contributed by atoms with Crippen molar-refractivity contribution in [3.05, 3.63) is 69.5 Å². The fraction of sp³-hybridized carbons (Fsp3) is 0.231. The topological polar surface area (TPSA) is 98.8 Å². The number of carbonyl (C=O) groups excluding carboxylic acids is 4. The number of alkyl halides is 6. The van der Waals surface area contributed by atoms with Crippen LogP contribution in [-0.4, -0.2) is 55.2 Å². The summed E-state index contributed by atoms with van der Waals surface area (Å²) < 4.78 is 77.6. The average molecular weight is 693 g/mol. The largest absolute Gasteiger partial charge is 0.416 e. The molecule has 2 heterocycles. The molecule has 2 aliphatic rings. The molecular weight excluding hydrogens is 675 g/mol. The van der Waals surface area contributed by atoms with Crippen LogP contribution in [0.3, 0.4) is 0 Å². The van der Waals surface area contributed by atoms with Crippen LogP contribution in [0.2, 0.25) is 0 Å². The Bertz CT molecular complexity index is 1480. The number of carbonyl (C=O) groups is 4. The van der Waals surface area contributed by atoms with Gasteiger partial charge in [0.1, 0.15) is 8.64 Å². The Hall–Kier alpha value is -3.48. The van der Waals surface area contributed by atoms with E-state index >= 15 is 0 Å². The van der Waals surface area contributed by atoms with Crippen molar-refractivity contribution in [2.45, 2.75) is 25.2 Å². The van der Waals surface area contributed by atoms with E-state index in [2.05, 4.69) is 10.6 Å². The van der Waals surface area contributed by atoms with Gasteiger partial charge in [0.25, 0.3) is 11.8 Å². The van der Waals surface area contributed by atoms with Gasteiger partial charge in [0.2, 0.25) is 11.8 Å². The molecule has 2 aromatic carbocycles. The molecule has 4 amide bonds. The molecule has 0 aromatic heterocycles. The van der Waals surface area contributed by atoms with Crippen LogP contribution in [0.4, 0.5) is 37.7 Å². The van der Waals surface area contributed by atoms with Crippen LogP contribution in [0.1, 0.15) is 24.0 Å². The third-order valence-corrected chi connectivity index (χ3v) is 9.00. The highest BCUT2D eigenvalue weighted by Gasteiger charge is 2.42. The number of nitrogens with zero attached hydrogens (tertiary/aromatic N) is 2. The maximum absolute atomic E-state index is 13.1. The van der Waals surface area contributed by atoms with Crippen LogP contribution < -0.4 is 10.6 Å². The molecule has 8 nitrogen and oxygen atoms in total. The Morgan fingerprint density at radius 2 is 1.05 bits per heavy atom. The van der Waals surface area contributed by atoms with Crippen LogP contribution >= 0.6 is 48.0 Å². The maximum Gasteiger partial charge on any atom is 0.416 e. The van der Waals surface area contributed by atoms with E-state index in [-0.39, 0.29) is 55.8 Å². The Kier molecular flexibility index (Phi) is 10.1. The minimum Gasteiger partial charge on any atom is -0.326 e. The smallest absolute Gasteiger partial charge is 0.326 e. The number of hydrogen-bond acceptors (Lipinski definition) is 8. The highest BCUT2D eigenvalue weighted by atomic mass is 32.2. The summed E-state index contributed by atoms with van der Waals surface area (Å²) in [6.07, 6.45) is -9.81. The van der Waals surface area contributed by atoms with Crippen molar-refractivity contribution in [2.75, 3.05) is 23.7 Å². The number of benzene rings is 2. The number of rotatable bonds is 8. The monoisotopic (exact) mass is 692 g/mol. The van der Waals surface area contributed by atoms with E-state index in [0.717, 1.165) is 69.7 Å².